The Morgan fingerprint density at radius 3 is 2.31 bits per heavy atom. The van der Waals surface area contributed by atoms with E-state index >= 15 is 0 Å². The fourth-order valence-corrected chi connectivity index (χ4v) is 5.54. The van der Waals surface area contributed by atoms with Crippen LogP contribution in [0.15, 0.2) is 71.7 Å². The molecule has 0 aliphatic carbocycles. The average Bonchev–Trinajstić information content (AvgIpc) is 3.52. The lowest BCUT2D eigenvalue weighted by Crippen LogP contribution is -2.25. The molecule has 0 bridgehead atoms. The predicted molar refractivity (Wildman–Crippen MR) is 158 cm³/mol. The highest BCUT2D eigenvalue weighted by Gasteiger charge is 2.26. The molecule has 0 unspecified atom stereocenters. The van der Waals surface area contributed by atoms with Crippen LogP contribution in [0.2, 0.25) is 15.1 Å². The summed E-state index contributed by atoms with van der Waals surface area (Å²) in [6, 6.07) is 16.7. The third-order valence-corrected chi connectivity index (χ3v) is 7.61. The zero-order valence-electron chi connectivity index (χ0n) is 20.9. The standard InChI is InChI=1S/C28H22BrCl3N6O/c1-16-9-21(31)10-17(2)22(16)12-34-28(39)26-23(13-37-15-33-14-35-37)27(18-3-5-19(29)6-4-18)38(36-26)25-8-7-20(30)11-24(25)32/h3-11,14-15H,12-13H2,1-2H3,(H,34,39). The van der Waals surface area contributed by atoms with E-state index in [0.29, 0.717) is 38.6 Å². The Morgan fingerprint density at radius 1 is 0.949 bits per heavy atom. The number of nitrogens with zero attached hydrogens (tertiary/aromatic N) is 5. The summed E-state index contributed by atoms with van der Waals surface area (Å²) < 4.78 is 4.26. The maximum absolute atomic E-state index is 13.8. The highest BCUT2D eigenvalue weighted by molar-refractivity contribution is 9.10. The van der Waals surface area contributed by atoms with E-state index in [1.54, 1.807) is 33.9 Å². The predicted octanol–water partition coefficient (Wildman–Crippen LogP) is 7.45. The van der Waals surface area contributed by atoms with Crippen LogP contribution in [0.1, 0.15) is 32.7 Å². The number of aryl methyl sites for hydroxylation is 2. The van der Waals surface area contributed by atoms with Crippen molar-refractivity contribution in [3.05, 3.63) is 115 Å². The third kappa shape index (κ3) is 5.89. The average molecular weight is 645 g/mol. The van der Waals surface area contributed by atoms with E-state index in [0.717, 1.165) is 26.7 Å². The van der Waals surface area contributed by atoms with E-state index in [2.05, 4.69) is 31.3 Å². The second-order valence-electron chi connectivity index (χ2n) is 8.98. The monoisotopic (exact) mass is 642 g/mol. The number of hydrogen-bond acceptors (Lipinski definition) is 4. The molecule has 39 heavy (non-hydrogen) atoms. The largest absolute Gasteiger partial charge is 0.347 e. The molecule has 2 heterocycles. The second-order valence-corrected chi connectivity index (χ2v) is 11.2. The first-order valence-electron chi connectivity index (χ1n) is 11.9. The fraction of sp³-hybridized carbons (Fsp3) is 0.143. The van der Waals surface area contributed by atoms with Gasteiger partial charge in [0, 0.05) is 32.2 Å². The molecular formula is C28H22BrCl3N6O. The molecule has 198 valence electrons. The van der Waals surface area contributed by atoms with Crippen LogP contribution in [0, 0.1) is 13.8 Å². The van der Waals surface area contributed by atoms with E-state index in [-0.39, 0.29) is 18.1 Å². The van der Waals surface area contributed by atoms with Gasteiger partial charge in [-0.25, -0.2) is 14.3 Å². The molecule has 0 aliphatic heterocycles. The van der Waals surface area contributed by atoms with Gasteiger partial charge in [-0.1, -0.05) is 62.9 Å². The summed E-state index contributed by atoms with van der Waals surface area (Å²) >= 11 is 22.5. The molecule has 3 aromatic carbocycles. The first kappa shape index (κ1) is 27.4. The number of amides is 1. The van der Waals surface area contributed by atoms with Crippen molar-refractivity contribution in [2.45, 2.75) is 26.9 Å². The number of carbonyl (C=O) groups is 1. The van der Waals surface area contributed by atoms with Crippen LogP contribution in [0.4, 0.5) is 0 Å². The third-order valence-electron chi connectivity index (χ3n) is 6.33. The SMILES string of the molecule is Cc1cc(Cl)cc(C)c1CNC(=O)c1nn(-c2ccc(Cl)cc2Cl)c(-c2ccc(Br)cc2)c1Cn1cncn1. The van der Waals surface area contributed by atoms with Gasteiger partial charge in [0.05, 0.1) is 22.9 Å². The van der Waals surface area contributed by atoms with Crippen molar-refractivity contribution in [1.82, 2.24) is 29.9 Å². The first-order chi connectivity index (χ1) is 18.7. The maximum Gasteiger partial charge on any atom is 0.272 e. The first-order valence-corrected chi connectivity index (χ1v) is 13.8. The minimum absolute atomic E-state index is 0.249. The zero-order valence-corrected chi connectivity index (χ0v) is 24.8. The van der Waals surface area contributed by atoms with Gasteiger partial charge in [0.25, 0.3) is 5.91 Å². The lowest BCUT2D eigenvalue weighted by Gasteiger charge is -2.12. The number of rotatable bonds is 7. The molecule has 0 saturated carbocycles. The van der Waals surface area contributed by atoms with Gasteiger partial charge in [0.2, 0.25) is 0 Å². The van der Waals surface area contributed by atoms with E-state index < -0.39 is 0 Å². The summed E-state index contributed by atoms with van der Waals surface area (Å²) in [5.74, 6) is -0.332. The van der Waals surface area contributed by atoms with Gasteiger partial charge in [-0.05, 0) is 73.0 Å². The van der Waals surface area contributed by atoms with Crippen molar-refractivity contribution >= 4 is 56.6 Å². The molecule has 1 N–H and O–H groups in total. The number of aromatic nitrogens is 5. The van der Waals surface area contributed by atoms with E-state index in [1.165, 1.54) is 6.33 Å². The Kier molecular flexibility index (Phi) is 8.09. The van der Waals surface area contributed by atoms with Crippen LogP contribution in [-0.2, 0) is 13.1 Å². The summed E-state index contributed by atoms with van der Waals surface area (Å²) in [5.41, 5.74) is 6.03. The van der Waals surface area contributed by atoms with Crippen LogP contribution in [0.5, 0.6) is 0 Å². The molecule has 5 rings (SSSR count). The molecule has 0 radical (unpaired) electrons. The Morgan fingerprint density at radius 2 is 1.67 bits per heavy atom. The normalized spacial score (nSPS) is 11.1. The minimum atomic E-state index is -0.332. The summed E-state index contributed by atoms with van der Waals surface area (Å²) in [5, 5.41) is 13.7. The van der Waals surface area contributed by atoms with Gasteiger partial charge in [-0.15, -0.1) is 0 Å². The lowest BCUT2D eigenvalue weighted by atomic mass is 10.0. The summed E-state index contributed by atoms with van der Waals surface area (Å²) in [7, 11) is 0. The Labute approximate surface area is 248 Å². The molecule has 0 saturated heterocycles. The molecule has 2 aromatic heterocycles. The van der Waals surface area contributed by atoms with Gasteiger partial charge < -0.3 is 5.32 Å². The molecule has 1 amide bonds. The lowest BCUT2D eigenvalue weighted by molar-refractivity contribution is 0.0944. The van der Waals surface area contributed by atoms with Crippen LogP contribution in [0.3, 0.4) is 0 Å². The fourth-order valence-electron chi connectivity index (χ4n) is 4.46. The zero-order chi connectivity index (χ0) is 27.7. The van der Waals surface area contributed by atoms with Crippen molar-refractivity contribution in [1.29, 1.82) is 0 Å². The van der Waals surface area contributed by atoms with Crippen molar-refractivity contribution < 1.29 is 4.79 Å². The molecule has 0 fully saturated rings. The highest BCUT2D eigenvalue weighted by Crippen LogP contribution is 2.34. The van der Waals surface area contributed by atoms with Crippen LogP contribution in [0.25, 0.3) is 16.9 Å². The Hall–Kier alpha value is -3.17. The van der Waals surface area contributed by atoms with Crippen molar-refractivity contribution in [2.75, 3.05) is 0 Å². The van der Waals surface area contributed by atoms with E-state index in [4.69, 9.17) is 39.9 Å². The van der Waals surface area contributed by atoms with Crippen LogP contribution < -0.4 is 5.32 Å². The summed E-state index contributed by atoms with van der Waals surface area (Å²) in [4.78, 5) is 17.8. The van der Waals surface area contributed by atoms with Crippen molar-refractivity contribution in [2.24, 2.45) is 0 Å². The molecule has 0 aliphatic rings. The number of nitrogens with one attached hydrogen (secondary N) is 1. The van der Waals surface area contributed by atoms with E-state index in [1.807, 2.05) is 50.2 Å². The van der Waals surface area contributed by atoms with Gasteiger partial charge >= 0.3 is 0 Å². The van der Waals surface area contributed by atoms with Crippen molar-refractivity contribution in [3.63, 3.8) is 0 Å². The number of carbonyl (C=O) groups excluding carboxylic acids is 1. The minimum Gasteiger partial charge on any atom is -0.347 e. The second kappa shape index (κ2) is 11.5. The van der Waals surface area contributed by atoms with Gasteiger partial charge in [-0.2, -0.15) is 10.2 Å². The topological polar surface area (TPSA) is 77.6 Å². The number of benzene rings is 3. The van der Waals surface area contributed by atoms with Gasteiger partial charge in [0.15, 0.2) is 5.69 Å². The number of halogens is 4. The van der Waals surface area contributed by atoms with Gasteiger partial charge in [-0.3, -0.25) is 4.79 Å². The van der Waals surface area contributed by atoms with E-state index in [9.17, 15) is 4.79 Å². The Bertz CT molecular complexity index is 1640. The highest BCUT2D eigenvalue weighted by atomic mass is 79.9. The van der Waals surface area contributed by atoms with Crippen molar-refractivity contribution in [3.8, 4) is 16.9 Å². The quantitative estimate of drug-likeness (QED) is 0.200. The van der Waals surface area contributed by atoms with Crippen LogP contribution in [-0.4, -0.2) is 30.5 Å². The molecular weight excluding hydrogens is 623 g/mol. The molecule has 0 atom stereocenters. The summed E-state index contributed by atoms with van der Waals surface area (Å²) in [6.45, 7) is 4.52. The maximum atomic E-state index is 13.8. The molecule has 7 nitrogen and oxygen atoms in total. The molecule has 0 spiro atoms. The molecule has 11 heteroatoms. The van der Waals surface area contributed by atoms with Gasteiger partial charge in [0.1, 0.15) is 12.7 Å². The number of hydrogen-bond donors (Lipinski definition) is 1. The Balaban J connectivity index is 1.65. The smallest absolute Gasteiger partial charge is 0.272 e. The van der Waals surface area contributed by atoms with Crippen LogP contribution >= 0.6 is 50.7 Å². The summed E-state index contributed by atoms with van der Waals surface area (Å²) in [6.07, 6.45) is 3.05. The molecule has 5 aromatic rings.